The van der Waals surface area contributed by atoms with E-state index >= 15 is 0 Å². The van der Waals surface area contributed by atoms with E-state index in [0.29, 0.717) is 5.88 Å². The molecule has 3 aromatic rings. The van der Waals surface area contributed by atoms with Crippen molar-refractivity contribution in [3.8, 4) is 0 Å². The van der Waals surface area contributed by atoms with E-state index in [-0.39, 0.29) is 0 Å². The van der Waals surface area contributed by atoms with Crippen LogP contribution in [0, 0.1) is 0 Å². The minimum atomic E-state index is 0.703. The maximum absolute atomic E-state index is 4.47. The molecule has 0 radical (unpaired) electrons. The van der Waals surface area contributed by atoms with Crippen LogP contribution in [0.25, 0.3) is 11.0 Å². The van der Waals surface area contributed by atoms with Crippen molar-refractivity contribution in [2.45, 2.75) is 5.16 Å². The summed E-state index contributed by atoms with van der Waals surface area (Å²) in [6.07, 6.45) is 6.94. The Labute approximate surface area is 129 Å². The average Bonchev–Trinajstić information content (AvgIpc) is 2.94. The molecule has 0 saturated carbocycles. The van der Waals surface area contributed by atoms with Crippen molar-refractivity contribution in [3.63, 3.8) is 0 Å². The van der Waals surface area contributed by atoms with Gasteiger partial charge in [0.1, 0.15) is 0 Å². The predicted octanol–water partition coefficient (Wildman–Crippen LogP) is 3.49. The fraction of sp³-hybridized carbons (Fsp3) is 0.0769. The molecule has 21 heavy (non-hydrogen) atoms. The first-order valence-electron chi connectivity index (χ1n) is 6.10. The summed E-state index contributed by atoms with van der Waals surface area (Å²) in [4.78, 5) is 19.8. The van der Waals surface area contributed by atoms with Gasteiger partial charge < -0.3 is 10.3 Å². The summed E-state index contributed by atoms with van der Waals surface area (Å²) >= 11 is 0. The third-order valence-electron chi connectivity index (χ3n) is 2.69. The smallest absolute Gasteiger partial charge is 0.177 e. The lowest BCUT2D eigenvalue weighted by Gasteiger charge is -2.06. The van der Waals surface area contributed by atoms with Gasteiger partial charge in [-0.25, -0.2) is 4.98 Å². The third-order valence-corrected chi connectivity index (χ3v) is 4.60. The molecule has 0 aliphatic carbocycles. The zero-order chi connectivity index (χ0) is 14.5. The van der Waals surface area contributed by atoms with Gasteiger partial charge in [-0.15, -0.1) is 0 Å². The topological polar surface area (TPSA) is 78.8 Å². The molecule has 0 aliphatic rings. The molecule has 0 amide bonds. The molecular formula is C13H12N6S2. The van der Waals surface area contributed by atoms with E-state index in [9.17, 15) is 0 Å². The zero-order valence-electron chi connectivity index (χ0n) is 11.0. The second kappa shape index (κ2) is 6.59. The first-order chi connectivity index (χ1) is 10.4. The van der Waals surface area contributed by atoms with Crippen LogP contribution in [0.15, 0.2) is 47.1 Å². The Bertz CT molecular complexity index is 724. The van der Waals surface area contributed by atoms with Gasteiger partial charge in [-0.1, -0.05) is 10.8 Å². The van der Waals surface area contributed by atoms with Crippen molar-refractivity contribution in [3.05, 3.63) is 36.9 Å². The molecule has 3 rings (SSSR count). The lowest BCUT2D eigenvalue weighted by atomic mass is 10.3. The molecule has 8 heteroatoms. The van der Waals surface area contributed by atoms with Crippen LogP contribution in [-0.4, -0.2) is 32.5 Å². The van der Waals surface area contributed by atoms with Crippen molar-refractivity contribution in [1.29, 1.82) is 0 Å². The highest BCUT2D eigenvalue weighted by Crippen LogP contribution is 2.31. The number of anilines is 1. The van der Waals surface area contributed by atoms with Crippen LogP contribution < -0.4 is 5.32 Å². The van der Waals surface area contributed by atoms with Crippen molar-refractivity contribution in [2.75, 3.05) is 11.2 Å². The molecule has 0 saturated heterocycles. The maximum Gasteiger partial charge on any atom is 0.177 e. The van der Waals surface area contributed by atoms with Gasteiger partial charge in [-0.3, -0.25) is 15.0 Å². The molecule has 2 N–H and O–H groups in total. The summed E-state index contributed by atoms with van der Waals surface area (Å²) in [7, 11) is 3.21. The van der Waals surface area contributed by atoms with Gasteiger partial charge in [-0.05, 0) is 29.6 Å². The number of aromatic amines is 1. The Kier molecular flexibility index (Phi) is 4.37. The van der Waals surface area contributed by atoms with Crippen LogP contribution in [0.5, 0.6) is 0 Å². The summed E-state index contributed by atoms with van der Waals surface area (Å²) in [5, 5.41) is 4.12. The third kappa shape index (κ3) is 3.34. The summed E-state index contributed by atoms with van der Waals surface area (Å²) in [5.41, 5.74) is 3.53. The highest BCUT2D eigenvalue weighted by atomic mass is 33.1. The highest BCUT2D eigenvalue weighted by molar-refractivity contribution is 8.76. The summed E-state index contributed by atoms with van der Waals surface area (Å²) in [6.45, 7) is 3.54. The number of rotatable bonds is 6. The van der Waals surface area contributed by atoms with E-state index in [0.717, 1.165) is 27.6 Å². The molecule has 0 aromatic carbocycles. The van der Waals surface area contributed by atoms with Crippen molar-refractivity contribution < 1.29 is 0 Å². The Morgan fingerprint density at radius 1 is 1.24 bits per heavy atom. The Hall–Kier alpha value is -2.06. The second-order valence-electron chi connectivity index (χ2n) is 4.01. The number of imidazole rings is 1. The first-order valence-corrected chi connectivity index (χ1v) is 8.42. The molecule has 6 nitrogen and oxygen atoms in total. The van der Waals surface area contributed by atoms with Gasteiger partial charge in [-0.2, -0.15) is 0 Å². The van der Waals surface area contributed by atoms with Gasteiger partial charge >= 0.3 is 0 Å². The standard InChI is InChI=1S/C13H12N6S2/c1-14-9-2-4-15-6-11(9)17-8-20-21-13-18-10-3-5-16-7-12(10)19-13/h2-7,17H,1,8H2,(H,18,19). The van der Waals surface area contributed by atoms with Crippen molar-refractivity contribution in [2.24, 2.45) is 4.99 Å². The van der Waals surface area contributed by atoms with Crippen LogP contribution >= 0.6 is 21.6 Å². The second-order valence-corrected chi connectivity index (χ2v) is 6.29. The lowest BCUT2D eigenvalue weighted by molar-refractivity contribution is 1.09. The average molecular weight is 316 g/mol. The number of hydrogen-bond donors (Lipinski definition) is 2. The molecule has 0 fully saturated rings. The minimum absolute atomic E-state index is 0.703. The van der Waals surface area contributed by atoms with Gasteiger partial charge in [0, 0.05) is 12.4 Å². The van der Waals surface area contributed by atoms with E-state index in [4.69, 9.17) is 0 Å². The van der Waals surface area contributed by atoms with Gasteiger partial charge in [0.25, 0.3) is 0 Å². The van der Waals surface area contributed by atoms with Crippen molar-refractivity contribution in [1.82, 2.24) is 19.9 Å². The Balaban J connectivity index is 1.55. The monoisotopic (exact) mass is 316 g/mol. The lowest BCUT2D eigenvalue weighted by Crippen LogP contribution is -1.96. The summed E-state index contributed by atoms with van der Waals surface area (Å²) in [5.74, 6) is 0.703. The molecular weight excluding hydrogens is 304 g/mol. The molecule has 0 aliphatic heterocycles. The van der Waals surface area contributed by atoms with Crippen LogP contribution in [-0.2, 0) is 0 Å². The largest absolute Gasteiger partial charge is 0.372 e. The first kappa shape index (κ1) is 13.9. The minimum Gasteiger partial charge on any atom is -0.372 e. The van der Waals surface area contributed by atoms with Crippen LogP contribution in [0.4, 0.5) is 11.4 Å². The number of hydrogen-bond acceptors (Lipinski definition) is 7. The maximum atomic E-state index is 4.47. The number of aliphatic imine (C=N–C) groups is 1. The number of H-pyrrole nitrogens is 1. The Morgan fingerprint density at radius 3 is 2.95 bits per heavy atom. The zero-order valence-corrected chi connectivity index (χ0v) is 12.6. The quantitative estimate of drug-likeness (QED) is 0.314. The van der Waals surface area contributed by atoms with Gasteiger partial charge in [0.2, 0.25) is 0 Å². The SMILES string of the molecule is C=Nc1ccncc1NCSSc1nc2ccncc2[nH]1. The van der Waals surface area contributed by atoms with E-state index in [1.165, 1.54) is 0 Å². The fourth-order valence-corrected chi connectivity index (χ4v) is 3.32. The Morgan fingerprint density at radius 2 is 2.10 bits per heavy atom. The molecule has 3 heterocycles. The summed E-state index contributed by atoms with van der Waals surface area (Å²) in [6, 6.07) is 3.70. The van der Waals surface area contributed by atoms with E-state index < -0.39 is 0 Å². The summed E-state index contributed by atoms with van der Waals surface area (Å²) < 4.78 is 0. The molecule has 3 aromatic heterocycles. The number of fused-ring (bicyclic) bond motifs is 1. The van der Waals surface area contributed by atoms with Gasteiger partial charge in [0.05, 0.1) is 40.7 Å². The molecule has 0 unspecified atom stereocenters. The predicted molar refractivity (Wildman–Crippen MR) is 89.3 cm³/mol. The van der Waals surface area contributed by atoms with E-state index in [1.807, 2.05) is 12.1 Å². The fourth-order valence-electron chi connectivity index (χ4n) is 1.73. The normalized spacial score (nSPS) is 10.7. The number of nitrogens with one attached hydrogen (secondary N) is 2. The van der Waals surface area contributed by atoms with Gasteiger partial charge in [0.15, 0.2) is 5.16 Å². The van der Waals surface area contributed by atoms with Crippen LogP contribution in [0.3, 0.4) is 0 Å². The molecule has 106 valence electrons. The van der Waals surface area contributed by atoms with E-state index in [1.54, 1.807) is 46.4 Å². The van der Waals surface area contributed by atoms with E-state index in [2.05, 4.69) is 37.0 Å². The van der Waals surface area contributed by atoms with Crippen molar-refractivity contribution >= 4 is 50.7 Å². The van der Waals surface area contributed by atoms with Crippen LogP contribution in [0.1, 0.15) is 0 Å². The highest BCUT2D eigenvalue weighted by Gasteiger charge is 2.04. The molecule has 0 atom stereocenters. The number of aromatic nitrogens is 4. The van der Waals surface area contributed by atoms with Crippen LogP contribution in [0.2, 0.25) is 0 Å². The number of nitrogens with zero attached hydrogens (tertiary/aromatic N) is 4. The molecule has 0 bridgehead atoms. The number of pyridine rings is 2. The molecule has 0 spiro atoms.